The highest BCUT2D eigenvalue weighted by Crippen LogP contribution is 2.12. The predicted octanol–water partition coefficient (Wildman–Crippen LogP) is 0.0404. The number of hydrogen-bond acceptors (Lipinski definition) is 6. The minimum Gasteiger partial charge on any atom is -0.384 e. The largest absolute Gasteiger partial charge is 0.384 e. The molecule has 1 amide bonds. The van der Waals surface area contributed by atoms with Gasteiger partial charge < -0.3 is 11.5 Å². The number of carbonyl (C=O) groups excluding carboxylic acids is 2. The summed E-state index contributed by atoms with van der Waals surface area (Å²) in [6.45, 7) is 3.97. The van der Waals surface area contributed by atoms with Crippen molar-refractivity contribution in [3.05, 3.63) is 62.3 Å². The molecule has 0 saturated carbocycles. The van der Waals surface area contributed by atoms with Gasteiger partial charge >= 0.3 is 5.69 Å². The summed E-state index contributed by atoms with van der Waals surface area (Å²) in [5.41, 5.74) is 10.0. The summed E-state index contributed by atoms with van der Waals surface area (Å²) in [6.07, 6.45) is 2.35. The smallest absolute Gasteiger partial charge is 0.332 e. The van der Waals surface area contributed by atoms with E-state index in [1.807, 2.05) is 35.2 Å². The summed E-state index contributed by atoms with van der Waals surface area (Å²) in [5.74, 6) is -0.365. The van der Waals surface area contributed by atoms with E-state index >= 15 is 0 Å². The summed E-state index contributed by atoms with van der Waals surface area (Å²) in [7, 11) is 0. The van der Waals surface area contributed by atoms with E-state index in [1.54, 1.807) is 6.92 Å². The topological polar surface area (TPSA) is 133 Å². The molecule has 0 bridgehead atoms. The summed E-state index contributed by atoms with van der Waals surface area (Å²) in [5, 5.41) is 0. The number of aromatic nitrogens is 2. The van der Waals surface area contributed by atoms with Gasteiger partial charge in [0.05, 0.1) is 13.1 Å². The zero-order chi connectivity index (χ0) is 21.4. The van der Waals surface area contributed by atoms with E-state index in [1.165, 1.54) is 4.57 Å². The van der Waals surface area contributed by atoms with Gasteiger partial charge in [0.1, 0.15) is 11.4 Å². The van der Waals surface area contributed by atoms with Crippen LogP contribution >= 0.6 is 0 Å². The third kappa shape index (κ3) is 5.20. The minimum atomic E-state index is -0.594. The molecule has 0 unspecified atom stereocenters. The molecule has 4 N–H and O–H groups in total. The molecule has 0 atom stereocenters. The van der Waals surface area contributed by atoms with Crippen LogP contribution in [0.2, 0.25) is 0 Å². The molecule has 1 aliphatic heterocycles. The molecule has 0 aliphatic carbocycles. The predicted molar refractivity (Wildman–Crippen MR) is 111 cm³/mol. The molecule has 2 heterocycles. The fraction of sp³-hybridized carbons (Fsp3) is 0.400. The first-order chi connectivity index (χ1) is 13.9. The van der Waals surface area contributed by atoms with Crippen molar-refractivity contribution in [1.82, 2.24) is 14.0 Å². The Labute approximate surface area is 168 Å². The van der Waals surface area contributed by atoms with Crippen molar-refractivity contribution in [3.8, 4) is 0 Å². The number of anilines is 1. The number of amides is 1. The van der Waals surface area contributed by atoms with Crippen molar-refractivity contribution >= 4 is 18.0 Å². The van der Waals surface area contributed by atoms with E-state index in [4.69, 9.17) is 10.5 Å². The molecule has 29 heavy (non-hydrogen) atoms. The maximum absolute atomic E-state index is 12.8. The fourth-order valence-electron chi connectivity index (χ4n) is 3.40. The molecule has 3 rings (SSSR count). The molecule has 1 fully saturated rings. The number of likely N-dealkylation sites (tertiary alicyclic amines) is 1. The van der Waals surface area contributed by atoms with Gasteiger partial charge in [-0.05, 0) is 38.4 Å². The third-order valence-electron chi connectivity index (χ3n) is 4.81. The van der Waals surface area contributed by atoms with Crippen molar-refractivity contribution in [1.29, 1.82) is 0 Å². The molecule has 0 radical (unpaired) electrons. The van der Waals surface area contributed by atoms with Gasteiger partial charge in [0, 0.05) is 6.54 Å². The fourth-order valence-corrected chi connectivity index (χ4v) is 3.40. The van der Waals surface area contributed by atoms with E-state index in [2.05, 4.69) is 5.73 Å². The quantitative estimate of drug-likeness (QED) is 0.519. The maximum Gasteiger partial charge on any atom is 0.332 e. The van der Waals surface area contributed by atoms with Gasteiger partial charge in [-0.1, -0.05) is 30.3 Å². The number of nitrogens with zero attached hydrogens (tertiary/aromatic N) is 3. The molecule has 1 aromatic heterocycles. The number of carbonyl (C=O) groups is 2. The van der Waals surface area contributed by atoms with Gasteiger partial charge in [-0.15, -0.1) is 0 Å². The van der Waals surface area contributed by atoms with E-state index in [0.29, 0.717) is 0 Å². The second-order valence-electron chi connectivity index (χ2n) is 6.71. The summed E-state index contributed by atoms with van der Waals surface area (Å²) in [6, 6.07) is 9.36. The molecule has 1 aliphatic rings. The van der Waals surface area contributed by atoms with Crippen molar-refractivity contribution < 1.29 is 9.59 Å². The Morgan fingerprint density at radius 2 is 1.69 bits per heavy atom. The van der Waals surface area contributed by atoms with Crippen molar-refractivity contribution in [2.45, 2.75) is 32.9 Å². The number of primary amides is 1. The normalized spacial score (nSPS) is 13.6. The number of benzene rings is 1. The van der Waals surface area contributed by atoms with E-state index < -0.39 is 11.2 Å². The Bertz CT molecular complexity index is 959. The molecular formula is C20H27N5O4. The molecule has 2 aromatic rings. The van der Waals surface area contributed by atoms with Crippen molar-refractivity contribution in [2.75, 3.05) is 25.4 Å². The number of Topliss-reactive ketones (excluding diaryl/α,β-unsaturated/α-hetero) is 1. The van der Waals surface area contributed by atoms with Gasteiger partial charge in [-0.25, -0.2) is 4.79 Å². The van der Waals surface area contributed by atoms with Crippen LogP contribution in [-0.4, -0.2) is 45.9 Å². The maximum atomic E-state index is 12.8. The van der Waals surface area contributed by atoms with Crippen LogP contribution in [0.15, 0.2) is 39.9 Å². The molecule has 1 saturated heterocycles. The number of nitrogen functional groups attached to an aromatic ring is 1. The van der Waals surface area contributed by atoms with Crippen LogP contribution in [0.5, 0.6) is 0 Å². The average molecular weight is 401 g/mol. The third-order valence-corrected chi connectivity index (χ3v) is 4.81. The number of rotatable bonds is 6. The minimum absolute atomic E-state index is 0.0437. The van der Waals surface area contributed by atoms with E-state index in [0.717, 1.165) is 36.1 Å². The van der Waals surface area contributed by atoms with Crippen molar-refractivity contribution in [3.63, 3.8) is 0 Å². The summed E-state index contributed by atoms with van der Waals surface area (Å²) < 4.78 is 2.40. The molecule has 156 valence electrons. The first-order valence-electron chi connectivity index (χ1n) is 9.52. The molecule has 0 spiro atoms. The lowest BCUT2D eigenvalue weighted by Crippen LogP contribution is -2.45. The zero-order valence-electron chi connectivity index (χ0n) is 16.5. The molecular weight excluding hydrogens is 374 g/mol. The van der Waals surface area contributed by atoms with Gasteiger partial charge in [0.2, 0.25) is 6.41 Å². The van der Waals surface area contributed by atoms with Crippen LogP contribution in [0, 0.1) is 0 Å². The van der Waals surface area contributed by atoms with Crippen LogP contribution in [0.1, 0.15) is 35.7 Å². The average Bonchev–Trinajstić information content (AvgIpc) is 3.20. The number of ketones is 1. The summed E-state index contributed by atoms with van der Waals surface area (Å²) >= 11 is 0. The van der Waals surface area contributed by atoms with E-state index in [-0.39, 0.29) is 43.2 Å². The lowest BCUT2D eigenvalue weighted by atomic mass is 10.1. The second kappa shape index (κ2) is 10.4. The highest BCUT2D eigenvalue weighted by atomic mass is 16.2. The van der Waals surface area contributed by atoms with Gasteiger partial charge in [-0.2, -0.15) is 0 Å². The zero-order valence-corrected chi connectivity index (χ0v) is 16.5. The standard InChI is InChI=1S/C19H24N4O3.CH3NO/c1-2-22-18(25)16(15(24)13-21-10-6-7-11-21)17(20)23(19(22)26)12-14-8-4-3-5-9-14;2-1-3/h3-5,8-9H,2,6-7,10-13,20H2,1H3;1H,(H2,2,3). The Balaban J connectivity index is 0.000000941. The van der Waals surface area contributed by atoms with Gasteiger partial charge in [0.15, 0.2) is 5.78 Å². The lowest BCUT2D eigenvalue weighted by molar-refractivity contribution is -0.106. The highest BCUT2D eigenvalue weighted by molar-refractivity contribution is 6.01. The summed E-state index contributed by atoms with van der Waals surface area (Å²) in [4.78, 5) is 48.8. The monoisotopic (exact) mass is 401 g/mol. The van der Waals surface area contributed by atoms with Gasteiger partial charge in [0.25, 0.3) is 5.56 Å². The second-order valence-corrected chi connectivity index (χ2v) is 6.71. The Hall–Kier alpha value is -3.20. The first kappa shape index (κ1) is 22.1. The van der Waals surface area contributed by atoms with Crippen LogP contribution in [0.3, 0.4) is 0 Å². The van der Waals surface area contributed by atoms with Crippen LogP contribution in [-0.2, 0) is 17.9 Å². The van der Waals surface area contributed by atoms with Crippen LogP contribution < -0.4 is 22.7 Å². The molecule has 1 aromatic carbocycles. The lowest BCUT2D eigenvalue weighted by Gasteiger charge is -2.18. The highest BCUT2D eigenvalue weighted by Gasteiger charge is 2.24. The molecule has 9 nitrogen and oxygen atoms in total. The van der Waals surface area contributed by atoms with Crippen LogP contribution in [0.25, 0.3) is 0 Å². The Morgan fingerprint density at radius 1 is 1.10 bits per heavy atom. The van der Waals surface area contributed by atoms with E-state index in [9.17, 15) is 14.4 Å². The van der Waals surface area contributed by atoms with Crippen molar-refractivity contribution in [2.24, 2.45) is 5.73 Å². The Kier molecular flexibility index (Phi) is 7.90. The first-order valence-corrected chi connectivity index (χ1v) is 9.52. The number of hydrogen-bond donors (Lipinski definition) is 2. The van der Waals surface area contributed by atoms with Gasteiger partial charge in [-0.3, -0.25) is 28.4 Å². The number of nitrogens with two attached hydrogens (primary N) is 2. The Morgan fingerprint density at radius 3 is 2.24 bits per heavy atom. The van der Waals surface area contributed by atoms with Crippen LogP contribution in [0.4, 0.5) is 5.82 Å². The SMILES string of the molecule is CCn1c(=O)c(C(=O)CN2CCCC2)c(N)n(Cc2ccccc2)c1=O.NC=O. The molecule has 9 heteroatoms.